The van der Waals surface area contributed by atoms with Crippen molar-refractivity contribution < 1.29 is 0 Å². The van der Waals surface area contributed by atoms with Gasteiger partial charge in [0.05, 0.1) is 0 Å². The maximum absolute atomic E-state index is 6.21. The van der Waals surface area contributed by atoms with Gasteiger partial charge in [0.15, 0.2) is 0 Å². The number of hydrogen-bond acceptors (Lipinski definition) is 4. The van der Waals surface area contributed by atoms with Crippen LogP contribution in [-0.4, -0.2) is 56.1 Å². The molecular weight excluding hydrogens is 248 g/mol. The lowest BCUT2D eigenvalue weighted by Crippen LogP contribution is -2.46. The van der Waals surface area contributed by atoms with Crippen molar-refractivity contribution in [2.24, 2.45) is 5.73 Å². The monoisotopic (exact) mass is 274 g/mol. The molecule has 2 aliphatic rings. The minimum atomic E-state index is 0.201. The number of nitrogens with two attached hydrogens (primary N) is 1. The highest BCUT2D eigenvalue weighted by Gasteiger charge is 2.27. The van der Waals surface area contributed by atoms with Gasteiger partial charge in [-0.1, -0.05) is 24.3 Å². The van der Waals surface area contributed by atoms with E-state index in [1.807, 2.05) is 0 Å². The minimum Gasteiger partial charge on any atom is -0.324 e. The van der Waals surface area contributed by atoms with Gasteiger partial charge in [0, 0.05) is 51.4 Å². The van der Waals surface area contributed by atoms with Crippen molar-refractivity contribution in [1.82, 2.24) is 15.1 Å². The summed E-state index contributed by atoms with van der Waals surface area (Å²) in [5.74, 6) is 0. The van der Waals surface area contributed by atoms with Crippen molar-refractivity contribution in [3.63, 3.8) is 0 Å². The molecule has 4 heteroatoms. The third-order valence-corrected chi connectivity index (χ3v) is 4.68. The highest BCUT2D eigenvalue weighted by atomic mass is 15.2. The van der Waals surface area contributed by atoms with Crippen LogP contribution in [0, 0.1) is 0 Å². The Hall–Kier alpha value is -0.940. The van der Waals surface area contributed by atoms with E-state index in [9.17, 15) is 0 Å². The Kier molecular flexibility index (Phi) is 4.36. The van der Waals surface area contributed by atoms with Crippen molar-refractivity contribution in [3.8, 4) is 0 Å². The predicted molar refractivity (Wildman–Crippen MR) is 82.7 cm³/mol. The molecule has 1 aliphatic heterocycles. The average molecular weight is 274 g/mol. The van der Waals surface area contributed by atoms with Gasteiger partial charge in [-0.2, -0.15) is 0 Å². The molecule has 2 atom stereocenters. The summed E-state index contributed by atoms with van der Waals surface area (Å²) in [4.78, 5) is 4.95. The molecular formula is C16H26N4. The van der Waals surface area contributed by atoms with Crippen molar-refractivity contribution in [3.05, 3.63) is 35.4 Å². The highest BCUT2D eigenvalue weighted by Crippen LogP contribution is 2.36. The normalized spacial score (nSPS) is 27.7. The minimum absolute atomic E-state index is 0.201. The van der Waals surface area contributed by atoms with Gasteiger partial charge in [0.1, 0.15) is 0 Å². The zero-order chi connectivity index (χ0) is 13.9. The van der Waals surface area contributed by atoms with Gasteiger partial charge >= 0.3 is 0 Å². The second-order valence-corrected chi connectivity index (χ2v) is 6.12. The van der Waals surface area contributed by atoms with Gasteiger partial charge in [-0.25, -0.2) is 0 Å². The summed E-state index contributed by atoms with van der Waals surface area (Å²) >= 11 is 0. The number of piperazine rings is 1. The first-order valence-electron chi connectivity index (χ1n) is 7.73. The molecule has 1 fully saturated rings. The molecule has 0 aromatic heterocycles. The summed E-state index contributed by atoms with van der Waals surface area (Å²) in [5.41, 5.74) is 8.94. The first kappa shape index (κ1) is 14.0. The van der Waals surface area contributed by atoms with Crippen LogP contribution in [0.3, 0.4) is 0 Å². The third-order valence-electron chi connectivity index (χ3n) is 4.68. The first-order valence-corrected chi connectivity index (χ1v) is 7.73. The number of hydrogen-bond donors (Lipinski definition) is 2. The lowest BCUT2D eigenvalue weighted by Gasteiger charge is -2.32. The Bertz CT molecular complexity index is 440. The molecule has 0 radical (unpaired) electrons. The second kappa shape index (κ2) is 6.22. The second-order valence-electron chi connectivity index (χ2n) is 6.12. The summed E-state index contributed by atoms with van der Waals surface area (Å²) in [7, 11) is 2.20. The molecule has 1 saturated heterocycles. The van der Waals surface area contributed by atoms with Crippen molar-refractivity contribution >= 4 is 0 Å². The molecule has 0 amide bonds. The highest BCUT2D eigenvalue weighted by molar-refractivity contribution is 5.37. The largest absolute Gasteiger partial charge is 0.324 e. The van der Waals surface area contributed by atoms with Crippen LogP contribution >= 0.6 is 0 Å². The summed E-state index contributed by atoms with van der Waals surface area (Å²) in [6.07, 6.45) is 1.03. The van der Waals surface area contributed by atoms with Crippen molar-refractivity contribution in [1.29, 1.82) is 0 Å². The zero-order valence-corrected chi connectivity index (χ0v) is 12.4. The molecule has 1 heterocycles. The molecule has 2 unspecified atom stereocenters. The first-order chi connectivity index (χ1) is 9.74. The zero-order valence-electron chi connectivity index (χ0n) is 12.4. The molecule has 4 nitrogen and oxygen atoms in total. The van der Waals surface area contributed by atoms with E-state index in [4.69, 9.17) is 5.73 Å². The maximum atomic E-state index is 6.21. The molecule has 0 saturated carbocycles. The Labute approximate surface area is 121 Å². The van der Waals surface area contributed by atoms with Gasteiger partial charge in [-0.15, -0.1) is 0 Å². The molecule has 3 rings (SSSR count). The van der Waals surface area contributed by atoms with E-state index in [0.29, 0.717) is 6.04 Å². The standard InChI is InChI=1S/C16H26N4/c1-19-8-10-20(11-9-19)7-6-18-16-12-15(17)13-4-2-3-5-14(13)16/h2-5,15-16,18H,6-12,17H2,1H3. The fourth-order valence-electron chi connectivity index (χ4n) is 3.34. The van der Waals surface area contributed by atoms with E-state index < -0.39 is 0 Å². The van der Waals surface area contributed by atoms with Crippen molar-refractivity contribution in [2.75, 3.05) is 46.3 Å². The van der Waals surface area contributed by atoms with Crippen LogP contribution in [-0.2, 0) is 0 Å². The lowest BCUT2D eigenvalue weighted by atomic mass is 10.1. The van der Waals surface area contributed by atoms with E-state index >= 15 is 0 Å². The average Bonchev–Trinajstić information content (AvgIpc) is 2.79. The van der Waals surface area contributed by atoms with Crippen LogP contribution < -0.4 is 11.1 Å². The Morgan fingerprint density at radius 2 is 1.85 bits per heavy atom. The Balaban J connectivity index is 1.48. The van der Waals surface area contributed by atoms with Crippen LogP contribution in [0.4, 0.5) is 0 Å². The molecule has 1 aliphatic carbocycles. The number of nitrogens with zero attached hydrogens (tertiary/aromatic N) is 2. The SMILES string of the molecule is CN1CCN(CCNC2CC(N)c3ccccc32)CC1. The van der Waals surface area contributed by atoms with E-state index in [1.165, 1.54) is 37.3 Å². The summed E-state index contributed by atoms with van der Waals surface area (Å²) < 4.78 is 0. The van der Waals surface area contributed by atoms with Crippen LogP contribution in [0.1, 0.15) is 29.6 Å². The van der Waals surface area contributed by atoms with Crippen molar-refractivity contribution in [2.45, 2.75) is 18.5 Å². The molecule has 0 bridgehead atoms. The van der Waals surface area contributed by atoms with E-state index in [1.54, 1.807) is 0 Å². The Morgan fingerprint density at radius 3 is 2.60 bits per heavy atom. The van der Waals surface area contributed by atoms with Gasteiger partial charge in [0.2, 0.25) is 0 Å². The number of rotatable bonds is 4. The van der Waals surface area contributed by atoms with Gasteiger partial charge < -0.3 is 16.0 Å². The molecule has 0 spiro atoms. The van der Waals surface area contributed by atoms with Crippen LogP contribution in [0.15, 0.2) is 24.3 Å². The summed E-state index contributed by atoms with van der Waals surface area (Å²) in [5, 5.41) is 3.69. The molecule has 110 valence electrons. The number of fused-ring (bicyclic) bond motifs is 1. The predicted octanol–water partition coefficient (Wildman–Crippen LogP) is 0.968. The molecule has 1 aromatic carbocycles. The number of likely N-dealkylation sites (N-methyl/N-ethyl adjacent to an activating group) is 1. The molecule has 1 aromatic rings. The maximum Gasteiger partial charge on any atom is 0.0342 e. The fourth-order valence-corrected chi connectivity index (χ4v) is 3.34. The van der Waals surface area contributed by atoms with Gasteiger partial charge in [-0.3, -0.25) is 4.90 Å². The van der Waals surface area contributed by atoms with Gasteiger partial charge in [0.25, 0.3) is 0 Å². The Morgan fingerprint density at radius 1 is 1.15 bits per heavy atom. The van der Waals surface area contributed by atoms with E-state index in [0.717, 1.165) is 19.5 Å². The lowest BCUT2D eigenvalue weighted by molar-refractivity contribution is 0.153. The van der Waals surface area contributed by atoms with Crippen LogP contribution in [0.5, 0.6) is 0 Å². The molecule has 20 heavy (non-hydrogen) atoms. The van der Waals surface area contributed by atoms with E-state index in [2.05, 4.69) is 46.4 Å². The van der Waals surface area contributed by atoms with Gasteiger partial charge in [-0.05, 0) is 24.6 Å². The van der Waals surface area contributed by atoms with Crippen LogP contribution in [0.25, 0.3) is 0 Å². The summed E-state index contributed by atoms with van der Waals surface area (Å²) in [6, 6.07) is 9.23. The number of nitrogens with one attached hydrogen (secondary N) is 1. The number of benzene rings is 1. The smallest absolute Gasteiger partial charge is 0.0342 e. The van der Waals surface area contributed by atoms with Crippen LogP contribution in [0.2, 0.25) is 0 Å². The topological polar surface area (TPSA) is 44.5 Å². The third kappa shape index (κ3) is 3.04. The fraction of sp³-hybridized carbons (Fsp3) is 0.625. The quantitative estimate of drug-likeness (QED) is 0.859. The molecule has 3 N–H and O–H groups in total. The summed E-state index contributed by atoms with van der Waals surface area (Å²) in [6.45, 7) is 6.96. The van der Waals surface area contributed by atoms with E-state index in [-0.39, 0.29) is 6.04 Å².